The molecule has 30 heavy (non-hydrogen) atoms. The van der Waals surface area contributed by atoms with Crippen LogP contribution in [0, 0.1) is 0 Å². The lowest BCUT2D eigenvalue weighted by atomic mass is 10.2. The van der Waals surface area contributed by atoms with Gasteiger partial charge in [0.2, 0.25) is 12.3 Å². The van der Waals surface area contributed by atoms with Crippen molar-refractivity contribution in [1.82, 2.24) is 19.5 Å². The fraction of sp³-hybridized carbons (Fsp3) is 0.350. The summed E-state index contributed by atoms with van der Waals surface area (Å²) in [6, 6.07) is 3.64. The number of aromatic nitrogens is 4. The van der Waals surface area contributed by atoms with E-state index in [4.69, 9.17) is 9.47 Å². The summed E-state index contributed by atoms with van der Waals surface area (Å²) in [4.78, 5) is 37.5. The molecular formula is C20H24N6O4. The van der Waals surface area contributed by atoms with Gasteiger partial charge in [-0.25, -0.2) is 19.7 Å². The summed E-state index contributed by atoms with van der Waals surface area (Å²) in [6.07, 6.45) is 3.00. The molecule has 2 amide bonds. The molecule has 0 bridgehead atoms. The zero-order chi connectivity index (χ0) is 22.1. The maximum absolute atomic E-state index is 12.7. The summed E-state index contributed by atoms with van der Waals surface area (Å²) in [7, 11) is 4.94. The topological polar surface area (TPSA) is 111 Å². The van der Waals surface area contributed by atoms with Crippen molar-refractivity contribution in [3.8, 4) is 17.1 Å². The number of nitrogens with one attached hydrogen (secondary N) is 1. The number of methoxy groups -OCH3 is 1. The van der Waals surface area contributed by atoms with Gasteiger partial charge in [-0.2, -0.15) is 0 Å². The zero-order valence-electron chi connectivity index (χ0n) is 17.8. The van der Waals surface area contributed by atoms with Crippen LogP contribution in [-0.4, -0.2) is 51.8 Å². The fourth-order valence-corrected chi connectivity index (χ4v) is 3.02. The molecule has 3 aromatic heterocycles. The van der Waals surface area contributed by atoms with Gasteiger partial charge in [0, 0.05) is 19.5 Å². The third-order valence-corrected chi connectivity index (χ3v) is 4.36. The number of pyridine rings is 1. The smallest absolute Gasteiger partial charge is 0.415 e. The van der Waals surface area contributed by atoms with E-state index in [1.54, 1.807) is 40.1 Å². The van der Waals surface area contributed by atoms with Crippen LogP contribution in [0.3, 0.4) is 0 Å². The number of carbonyl (C=O) groups excluding carboxylic acids is 2. The Kier molecular flexibility index (Phi) is 5.59. The Balaban J connectivity index is 2.17. The van der Waals surface area contributed by atoms with Crippen LogP contribution in [0.5, 0.6) is 5.88 Å². The molecule has 0 aliphatic carbocycles. The highest BCUT2D eigenvalue weighted by Crippen LogP contribution is 2.38. The Hall–Kier alpha value is -3.69. The molecule has 0 fully saturated rings. The third-order valence-electron chi connectivity index (χ3n) is 4.36. The molecule has 0 aromatic carbocycles. The first kappa shape index (κ1) is 21.0. The van der Waals surface area contributed by atoms with Gasteiger partial charge in [-0.15, -0.1) is 0 Å². The molecule has 0 aliphatic rings. The van der Waals surface area contributed by atoms with E-state index >= 15 is 0 Å². The van der Waals surface area contributed by atoms with Gasteiger partial charge in [-0.3, -0.25) is 9.69 Å². The summed E-state index contributed by atoms with van der Waals surface area (Å²) in [5.74, 6) is 1.07. The SMILES string of the molecule is COc1ncnc(N(C)C(=O)OC(C)(C)C)c1-c1cc2cc(NC=O)ncc2n1C. The van der Waals surface area contributed by atoms with Gasteiger partial charge in [0.15, 0.2) is 5.82 Å². The fourth-order valence-electron chi connectivity index (χ4n) is 3.02. The van der Waals surface area contributed by atoms with Crippen molar-refractivity contribution in [2.45, 2.75) is 26.4 Å². The Morgan fingerprint density at radius 1 is 1.23 bits per heavy atom. The van der Waals surface area contributed by atoms with Crippen LogP contribution in [0.2, 0.25) is 0 Å². The van der Waals surface area contributed by atoms with Crippen LogP contribution in [0.1, 0.15) is 20.8 Å². The highest BCUT2D eigenvalue weighted by Gasteiger charge is 2.27. The molecular weight excluding hydrogens is 388 g/mol. The average molecular weight is 412 g/mol. The lowest BCUT2D eigenvalue weighted by Gasteiger charge is -2.25. The van der Waals surface area contributed by atoms with E-state index in [2.05, 4.69) is 20.3 Å². The molecule has 3 heterocycles. The minimum Gasteiger partial charge on any atom is -0.480 e. The van der Waals surface area contributed by atoms with Crippen LogP contribution in [0.4, 0.5) is 16.4 Å². The second kappa shape index (κ2) is 7.97. The first-order valence-corrected chi connectivity index (χ1v) is 9.18. The summed E-state index contributed by atoms with van der Waals surface area (Å²) < 4.78 is 12.8. The number of nitrogens with zero attached hydrogens (tertiary/aromatic N) is 5. The average Bonchev–Trinajstić information content (AvgIpc) is 3.01. The number of hydrogen-bond donors (Lipinski definition) is 1. The maximum atomic E-state index is 12.7. The predicted molar refractivity (Wildman–Crippen MR) is 113 cm³/mol. The van der Waals surface area contributed by atoms with Crippen molar-refractivity contribution in [2.24, 2.45) is 7.05 Å². The van der Waals surface area contributed by atoms with Crippen LogP contribution in [-0.2, 0) is 16.6 Å². The van der Waals surface area contributed by atoms with Gasteiger partial charge in [0.1, 0.15) is 23.3 Å². The molecule has 3 aromatic rings. The number of hydrogen-bond acceptors (Lipinski definition) is 7. The van der Waals surface area contributed by atoms with E-state index in [0.717, 1.165) is 10.9 Å². The molecule has 0 spiro atoms. The van der Waals surface area contributed by atoms with Gasteiger partial charge < -0.3 is 19.4 Å². The van der Waals surface area contributed by atoms with Gasteiger partial charge in [0.05, 0.1) is 24.5 Å². The van der Waals surface area contributed by atoms with Gasteiger partial charge in [-0.05, 0) is 32.9 Å². The number of anilines is 2. The largest absolute Gasteiger partial charge is 0.480 e. The van der Waals surface area contributed by atoms with Crippen molar-refractivity contribution in [1.29, 1.82) is 0 Å². The minimum absolute atomic E-state index is 0.306. The van der Waals surface area contributed by atoms with Crippen molar-refractivity contribution >= 4 is 35.0 Å². The van der Waals surface area contributed by atoms with E-state index in [1.165, 1.54) is 18.3 Å². The number of aryl methyl sites for hydroxylation is 1. The molecule has 1 N–H and O–H groups in total. The predicted octanol–water partition coefficient (Wildman–Crippen LogP) is 2.98. The number of carbonyl (C=O) groups is 2. The molecule has 10 heteroatoms. The van der Waals surface area contributed by atoms with Crippen LogP contribution in [0.25, 0.3) is 22.2 Å². The summed E-state index contributed by atoms with van der Waals surface area (Å²) >= 11 is 0. The lowest BCUT2D eigenvalue weighted by molar-refractivity contribution is -0.105. The van der Waals surface area contributed by atoms with E-state index in [-0.39, 0.29) is 0 Å². The van der Waals surface area contributed by atoms with E-state index in [9.17, 15) is 9.59 Å². The van der Waals surface area contributed by atoms with Crippen LogP contribution in [0.15, 0.2) is 24.7 Å². The first-order valence-electron chi connectivity index (χ1n) is 9.18. The molecule has 0 aliphatic heterocycles. The third kappa shape index (κ3) is 4.02. The van der Waals surface area contributed by atoms with Crippen LogP contribution >= 0.6 is 0 Å². The van der Waals surface area contributed by atoms with E-state index in [1.807, 2.05) is 17.7 Å². The van der Waals surface area contributed by atoms with Gasteiger partial charge >= 0.3 is 6.09 Å². The summed E-state index contributed by atoms with van der Waals surface area (Å²) in [5.41, 5.74) is 1.39. The lowest BCUT2D eigenvalue weighted by Crippen LogP contribution is -2.35. The molecule has 158 valence electrons. The van der Waals surface area contributed by atoms with Gasteiger partial charge in [-0.1, -0.05) is 0 Å². The second-order valence-electron chi connectivity index (χ2n) is 7.60. The highest BCUT2D eigenvalue weighted by atomic mass is 16.6. The molecule has 0 unspecified atom stereocenters. The quantitative estimate of drug-likeness (QED) is 0.641. The summed E-state index contributed by atoms with van der Waals surface area (Å²) in [6.45, 7) is 5.38. The number of fused-ring (bicyclic) bond motifs is 1. The number of ether oxygens (including phenoxy) is 2. The monoisotopic (exact) mass is 412 g/mol. The number of rotatable bonds is 5. The normalized spacial score (nSPS) is 11.3. The molecule has 0 saturated carbocycles. The van der Waals surface area contributed by atoms with Crippen molar-refractivity contribution < 1.29 is 19.1 Å². The Bertz CT molecular complexity index is 1100. The van der Waals surface area contributed by atoms with Gasteiger partial charge in [0.25, 0.3) is 0 Å². The summed E-state index contributed by atoms with van der Waals surface area (Å²) in [5, 5.41) is 3.37. The first-order chi connectivity index (χ1) is 14.2. The van der Waals surface area contributed by atoms with Crippen molar-refractivity contribution in [3.05, 3.63) is 24.7 Å². The van der Waals surface area contributed by atoms with Crippen molar-refractivity contribution in [2.75, 3.05) is 24.4 Å². The highest BCUT2D eigenvalue weighted by molar-refractivity contribution is 5.96. The molecule has 3 rings (SSSR count). The second-order valence-corrected chi connectivity index (χ2v) is 7.60. The molecule has 0 saturated heterocycles. The maximum Gasteiger partial charge on any atom is 0.415 e. The van der Waals surface area contributed by atoms with Crippen molar-refractivity contribution in [3.63, 3.8) is 0 Å². The van der Waals surface area contributed by atoms with Crippen LogP contribution < -0.4 is 15.0 Å². The Labute approximate surface area is 173 Å². The standard InChI is InChI=1S/C20H24N6O4/c1-20(2,3)30-19(28)26(5)17-16(18(29-6)23-10-22-17)13-7-12-8-15(24-11-27)21-9-14(12)25(13)4/h7-11H,1-6H3,(H,21,24,27). The Morgan fingerprint density at radius 3 is 2.60 bits per heavy atom. The Morgan fingerprint density at radius 2 is 1.97 bits per heavy atom. The zero-order valence-corrected chi connectivity index (χ0v) is 17.8. The molecule has 10 nitrogen and oxygen atoms in total. The molecule has 0 radical (unpaired) electrons. The van der Waals surface area contributed by atoms with E-state index in [0.29, 0.717) is 35.2 Å². The minimum atomic E-state index is -0.657. The molecule has 0 atom stereocenters. The van der Waals surface area contributed by atoms with E-state index < -0.39 is 11.7 Å². The number of amides is 2.